The molecule has 0 bridgehead atoms. The molecule has 0 spiro atoms. The zero-order chi connectivity index (χ0) is 27.2. The Morgan fingerprint density at radius 3 is 2.74 bits per heavy atom. The number of rotatable bonds is 8. The highest BCUT2D eigenvalue weighted by molar-refractivity contribution is 6.00. The van der Waals surface area contributed by atoms with Gasteiger partial charge in [0.2, 0.25) is 11.7 Å². The first-order valence-corrected chi connectivity index (χ1v) is 13.1. The van der Waals surface area contributed by atoms with Gasteiger partial charge in [0.05, 0.1) is 12.8 Å². The highest BCUT2D eigenvalue weighted by Gasteiger charge is 2.23. The second-order valence-electron chi connectivity index (χ2n) is 9.84. The van der Waals surface area contributed by atoms with E-state index < -0.39 is 0 Å². The fourth-order valence-corrected chi connectivity index (χ4v) is 4.96. The fourth-order valence-electron chi connectivity index (χ4n) is 4.96. The third-order valence-electron chi connectivity index (χ3n) is 7.06. The van der Waals surface area contributed by atoms with Crippen molar-refractivity contribution in [2.45, 2.75) is 32.7 Å². The van der Waals surface area contributed by atoms with Crippen LogP contribution >= 0.6 is 0 Å². The van der Waals surface area contributed by atoms with Crippen LogP contribution in [0.5, 0.6) is 5.75 Å². The summed E-state index contributed by atoms with van der Waals surface area (Å²) in [5, 5.41) is 9.77. The minimum atomic E-state index is -0.372. The van der Waals surface area contributed by atoms with Crippen LogP contribution in [0.2, 0.25) is 0 Å². The van der Waals surface area contributed by atoms with E-state index >= 15 is 0 Å². The Hall–Kier alpha value is -4.24. The molecule has 2 heterocycles. The van der Waals surface area contributed by atoms with E-state index in [9.17, 15) is 9.18 Å². The molecular formula is C30H32FN5O3. The van der Waals surface area contributed by atoms with E-state index in [1.807, 2.05) is 37.3 Å². The number of urea groups is 1. The quantitative estimate of drug-likeness (QED) is 0.279. The fraction of sp³-hybridized carbons (Fsp3) is 0.300. The number of nitrogens with one attached hydrogen (secondary N) is 2. The molecule has 1 aromatic heterocycles. The number of anilines is 2. The molecule has 1 fully saturated rings. The Morgan fingerprint density at radius 1 is 1.10 bits per heavy atom. The second-order valence-corrected chi connectivity index (χ2v) is 9.84. The van der Waals surface area contributed by atoms with Gasteiger partial charge in [0.25, 0.3) is 0 Å². The number of methoxy groups -OCH3 is 1. The van der Waals surface area contributed by atoms with Gasteiger partial charge in [0.1, 0.15) is 11.6 Å². The molecule has 39 heavy (non-hydrogen) atoms. The van der Waals surface area contributed by atoms with Crippen LogP contribution in [0, 0.1) is 18.7 Å². The smallest absolute Gasteiger partial charge is 0.323 e. The van der Waals surface area contributed by atoms with Crippen LogP contribution < -0.4 is 15.4 Å². The van der Waals surface area contributed by atoms with E-state index in [0.717, 1.165) is 49.2 Å². The molecule has 1 atom stereocenters. The van der Waals surface area contributed by atoms with E-state index in [2.05, 4.69) is 25.7 Å². The van der Waals surface area contributed by atoms with Gasteiger partial charge in [-0.1, -0.05) is 29.4 Å². The minimum absolute atomic E-state index is 0.153. The second kappa shape index (κ2) is 12.1. The summed E-state index contributed by atoms with van der Waals surface area (Å²) >= 11 is 0. The number of halogens is 1. The van der Waals surface area contributed by atoms with E-state index in [1.54, 1.807) is 37.4 Å². The third-order valence-corrected chi connectivity index (χ3v) is 7.06. The molecule has 1 aliphatic heterocycles. The van der Waals surface area contributed by atoms with Crippen LogP contribution in [0.15, 0.2) is 71.3 Å². The third kappa shape index (κ3) is 6.61. The number of para-hydroxylation sites is 2. The van der Waals surface area contributed by atoms with Gasteiger partial charge >= 0.3 is 6.03 Å². The maximum Gasteiger partial charge on any atom is 0.323 e. The summed E-state index contributed by atoms with van der Waals surface area (Å²) in [5.74, 6) is 1.95. The number of amides is 2. The van der Waals surface area contributed by atoms with Gasteiger partial charge < -0.3 is 19.9 Å². The largest absolute Gasteiger partial charge is 0.495 e. The van der Waals surface area contributed by atoms with E-state index in [4.69, 9.17) is 9.26 Å². The number of aromatic nitrogens is 2. The van der Waals surface area contributed by atoms with Crippen molar-refractivity contribution in [2.24, 2.45) is 5.92 Å². The van der Waals surface area contributed by atoms with Gasteiger partial charge in [0.15, 0.2) is 0 Å². The summed E-state index contributed by atoms with van der Waals surface area (Å²) < 4.78 is 24.8. The zero-order valence-electron chi connectivity index (χ0n) is 22.1. The van der Waals surface area contributed by atoms with E-state index in [1.165, 1.54) is 6.07 Å². The van der Waals surface area contributed by atoms with Crippen LogP contribution in [0.1, 0.15) is 29.9 Å². The average Bonchev–Trinajstić information content (AvgIpc) is 3.40. The molecule has 0 radical (unpaired) electrons. The summed E-state index contributed by atoms with van der Waals surface area (Å²) in [7, 11) is 1.56. The number of hydrogen-bond acceptors (Lipinski definition) is 6. The molecule has 0 aliphatic carbocycles. The van der Waals surface area contributed by atoms with Crippen molar-refractivity contribution >= 4 is 17.4 Å². The molecule has 5 rings (SSSR count). The minimum Gasteiger partial charge on any atom is -0.495 e. The molecule has 2 amide bonds. The summed E-state index contributed by atoms with van der Waals surface area (Å²) in [5.41, 5.74) is 3.77. The number of likely N-dealkylation sites (tertiary alicyclic amines) is 1. The van der Waals surface area contributed by atoms with Gasteiger partial charge in [-0.05, 0) is 85.8 Å². The number of carbonyl (C=O) groups is 1. The number of ether oxygens (including phenoxy) is 1. The number of nitrogens with zero attached hydrogens (tertiary/aromatic N) is 3. The molecule has 1 aliphatic rings. The van der Waals surface area contributed by atoms with Crippen molar-refractivity contribution in [3.63, 3.8) is 0 Å². The Morgan fingerprint density at radius 2 is 1.92 bits per heavy atom. The molecule has 0 saturated carbocycles. The summed E-state index contributed by atoms with van der Waals surface area (Å²) in [6.07, 6.45) is 2.88. The van der Waals surface area contributed by atoms with E-state index in [0.29, 0.717) is 41.2 Å². The lowest BCUT2D eigenvalue weighted by molar-refractivity contribution is 0.160. The Labute approximate surface area is 227 Å². The monoisotopic (exact) mass is 529 g/mol. The summed E-state index contributed by atoms with van der Waals surface area (Å²) in [4.78, 5) is 19.4. The molecule has 3 aromatic carbocycles. The Kier molecular flexibility index (Phi) is 8.17. The molecule has 9 heteroatoms. The topological polar surface area (TPSA) is 92.5 Å². The van der Waals surface area contributed by atoms with Gasteiger partial charge in [-0.25, -0.2) is 9.18 Å². The van der Waals surface area contributed by atoms with Gasteiger partial charge in [-0.2, -0.15) is 4.98 Å². The van der Waals surface area contributed by atoms with Crippen LogP contribution in [0.4, 0.5) is 20.6 Å². The van der Waals surface area contributed by atoms with Gasteiger partial charge in [-0.3, -0.25) is 4.90 Å². The number of benzene rings is 3. The molecule has 1 saturated heterocycles. The van der Waals surface area contributed by atoms with Crippen molar-refractivity contribution in [1.82, 2.24) is 15.0 Å². The summed E-state index contributed by atoms with van der Waals surface area (Å²) in [6.45, 7) is 4.49. The van der Waals surface area contributed by atoms with Crippen molar-refractivity contribution in [3.8, 4) is 17.1 Å². The van der Waals surface area contributed by atoms with E-state index in [-0.39, 0.29) is 11.8 Å². The first kappa shape index (κ1) is 26.4. The molecule has 202 valence electrons. The van der Waals surface area contributed by atoms with Crippen LogP contribution in [-0.2, 0) is 13.0 Å². The van der Waals surface area contributed by atoms with Gasteiger partial charge in [-0.15, -0.1) is 0 Å². The lowest BCUT2D eigenvalue weighted by atomic mass is 9.94. The van der Waals surface area contributed by atoms with Crippen LogP contribution in [0.25, 0.3) is 11.4 Å². The lowest BCUT2D eigenvalue weighted by Crippen LogP contribution is -2.36. The summed E-state index contributed by atoms with van der Waals surface area (Å²) in [6, 6.07) is 19.4. The molecular weight excluding hydrogens is 497 g/mol. The number of carbonyl (C=O) groups excluding carboxylic acids is 1. The normalized spacial score (nSPS) is 15.6. The Balaban J connectivity index is 1.15. The first-order valence-electron chi connectivity index (χ1n) is 13.1. The SMILES string of the molecule is COc1ccccc1NC(=O)Nc1ccc(-c2noc(CC3CCCN(Cc4cccc(F)c4C)C3)n2)cc1. The van der Waals surface area contributed by atoms with Crippen molar-refractivity contribution in [1.29, 1.82) is 0 Å². The maximum absolute atomic E-state index is 14.0. The molecule has 2 N–H and O–H groups in total. The standard InChI is InChI=1S/C30H32FN5O3/c1-20-23(8-5-9-25(20)31)19-36-16-6-7-21(18-36)17-28-34-29(35-39-28)22-12-14-24(15-13-22)32-30(37)33-26-10-3-4-11-27(26)38-2/h3-5,8-15,21H,6-7,16-19H2,1-2H3,(H2,32,33,37). The average molecular weight is 530 g/mol. The predicted molar refractivity (Wildman–Crippen MR) is 148 cm³/mol. The van der Waals surface area contributed by atoms with Crippen LogP contribution in [0.3, 0.4) is 0 Å². The number of hydrogen-bond donors (Lipinski definition) is 2. The molecule has 1 unspecified atom stereocenters. The highest BCUT2D eigenvalue weighted by atomic mass is 19.1. The molecule has 8 nitrogen and oxygen atoms in total. The van der Waals surface area contributed by atoms with Crippen molar-refractivity contribution in [2.75, 3.05) is 30.8 Å². The van der Waals surface area contributed by atoms with Crippen LogP contribution in [-0.4, -0.2) is 41.3 Å². The van der Waals surface area contributed by atoms with Gasteiger partial charge in [0, 0.05) is 30.8 Å². The Bertz CT molecular complexity index is 1420. The first-order chi connectivity index (χ1) is 19.0. The predicted octanol–water partition coefficient (Wildman–Crippen LogP) is 6.29. The lowest BCUT2D eigenvalue weighted by Gasteiger charge is -2.32. The number of piperidine rings is 1. The highest BCUT2D eigenvalue weighted by Crippen LogP contribution is 2.26. The van der Waals surface area contributed by atoms with Crippen molar-refractivity contribution in [3.05, 3.63) is 89.6 Å². The maximum atomic E-state index is 14.0. The van der Waals surface area contributed by atoms with Crippen molar-refractivity contribution < 1.29 is 18.4 Å². The molecule has 4 aromatic rings. The zero-order valence-corrected chi connectivity index (χ0v) is 22.1.